The fourth-order valence-corrected chi connectivity index (χ4v) is 6.82. The second kappa shape index (κ2) is 11.0. The molecule has 210 valence electrons. The van der Waals surface area contributed by atoms with Crippen LogP contribution in [0.4, 0.5) is 17.1 Å². The van der Waals surface area contributed by atoms with Gasteiger partial charge in [-0.2, -0.15) is 0 Å². The molecule has 3 nitrogen and oxygen atoms in total. The van der Waals surface area contributed by atoms with Gasteiger partial charge in [0, 0.05) is 33.4 Å². The predicted molar refractivity (Wildman–Crippen MR) is 183 cm³/mol. The van der Waals surface area contributed by atoms with E-state index in [4.69, 9.17) is 19.7 Å². The van der Waals surface area contributed by atoms with Crippen molar-refractivity contribution >= 4 is 17.1 Å². The number of rotatable bonds is 3. The molecule has 0 unspecified atom stereocenters. The van der Waals surface area contributed by atoms with Crippen molar-refractivity contribution in [2.75, 3.05) is 0 Å². The first-order valence-electron chi connectivity index (χ1n) is 14.4. The summed E-state index contributed by atoms with van der Waals surface area (Å²) in [6, 6.07) is 7.00. The first-order chi connectivity index (χ1) is 19.7. The van der Waals surface area contributed by atoms with Gasteiger partial charge in [0.1, 0.15) is 0 Å². The lowest BCUT2D eigenvalue weighted by Crippen LogP contribution is -2.01. The molecule has 4 rings (SSSR count). The molecule has 0 saturated carbocycles. The van der Waals surface area contributed by atoms with Gasteiger partial charge in [-0.05, 0) is 183 Å². The maximum atomic E-state index is 5.84. The number of benzene rings is 4. The highest BCUT2D eigenvalue weighted by Gasteiger charge is 2.27. The summed E-state index contributed by atoms with van der Waals surface area (Å²) >= 11 is 0. The smallest absolute Gasteiger partial charge is 0.0464 e. The zero-order chi connectivity index (χ0) is 31.4. The molecule has 0 N–H and O–H groups in total. The lowest BCUT2D eigenvalue weighted by atomic mass is 9.81. The number of hydrogen-bond donors (Lipinski definition) is 0. The summed E-state index contributed by atoms with van der Waals surface area (Å²) in [6.45, 7) is 43.2. The molecular weight excluding hydrogens is 510 g/mol. The maximum Gasteiger partial charge on any atom is 0.346 e. The topological polar surface area (TPSA) is 13.1 Å². The minimum absolute atomic E-state index is 0.864. The van der Waals surface area contributed by atoms with Crippen LogP contribution in [0.15, 0.2) is 18.2 Å². The summed E-state index contributed by atoms with van der Waals surface area (Å²) in [5.41, 5.74) is 23.4. The lowest BCUT2D eigenvalue weighted by molar-refractivity contribution is 1.24. The van der Waals surface area contributed by atoms with Crippen LogP contribution in [-0.4, -0.2) is 0 Å². The summed E-state index contributed by atoms with van der Waals surface area (Å²) in [4.78, 5) is 12.4. The Bertz CT molecular complexity index is 1640. The van der Waals surface area contributed by atoms with Crippen molar-refractivity contribution in [3.05, 3.63) is 99.5 Å². The summed E-state index contributed by atoms with van der Waals surface area (Å²) in [6.07, 6.45) is 0. The Kier molecular flexibility index (Phi) is 7.92. The van der Waals surface area contributed by atoms with Crippen molar-refractivity contribution in [3.8, 4) is 53.1 Å². The van der Waals surface area contributed by atoms with Gasteiger partial charge in [0.2, 0.25) is 0 Å². The first kappa shape index (κ1) is 30.3. The average Bonchev–Trinajstić information content (AvgIpc) is 2.95. The molecule has 4 aromatic carbocycles. The highest BCUT2D eigenvalue weighted by molar-refractivity contribution is 5.91. The van der Waals surface area contributed by atoms with Crippen LogP contribution in [0.2, 0.25) is 0 Å². The van der Waals surface area contributed by atoms with Crippen molar-refractivity contribution in [1.29, 1.82) is 0 Å². The van der Waals surface area contributed by atoms with E-state index in [0.29, 0.717) is 0 Å². The zero-order valence-electron chi connectivity index (χ0n) is 27.3. The molecule has 0 aliphatic heterocycles. The molecule has 0 heterocycles. The van der Waals surface area contributed by atoms with Crippen LogP contribution >= 0.6 is 0 Å². The van der Waals surface area contributed by atoms with Gasteiger partial charge in [-0.15, -0.1) is 0 Å². The molecule has 0 bridgehead atoms. The predicted octanol–water partition coefficient (Wildman–Crippen LogP) is 12.2. The molecule has 0 aliphatic rings. The fraction of sp³-hybridized carbons (Fsp3) is 0.308. The zero-order valence-corrected chi connectivity index (χ0v) is 27.3. The third-order valence-corrected chi connectivity index (χ3v) is 9.94. The molecule has 3 heteroatoms. The van der Waals surface area contributed by atoms with E-state index in [9.17, 15) is 0 Å². The van der Waals surface area contributed by atoms with Crippen LogP contribution in [-0.2, 0) is 0 Å². The molecule has 0 aliphatic carbocycles. The van der Waals surface area contributed by atoms with E-state index in [0.717, 1.165) is 67.1 Å². The van der Waals surface area contributed by atoms with Gasteiger partial charge in [-0.1, -0.05) is 0 Å². The third-order valence-electron chi connectivity index (χ3n) is 9.94. The maximum absolute atomic E-state index is 5.84. The lowest BCUT2D eigenvalue weighted by Gasteiger charge is -2.21. The summed E-state index contributed by atoms with van der Waals surface area (Å²) < 4.78 is 0. The van der Waals surface area contributed by atoms with E-state index in [2.05, 4.69) is 116 Å². The Morgan fingerprint density at radius 2 is 0.476 bits per heavy atom. The van der Waals surface area contributed by atoms with E-state index in [1.54, 1.807) is 0 Å². The van der Waals surface area contributed by atoms with Crippen LogP contribution < -0.4 is 0 Å². The van der Waals surface area contributed by atoms with Crippen molar-refractivity contribution in [1.82, 2.24) is 0 Å². The second-order valence-electron chi connectivity index (χ2n) is 11.9. The van der Waals surface area contributed by atoms with Gasteiger partial charge >= 0.3 is 17.1 Å². The van der Waals surface area contributed by atoms with Gasteiger partial charge in [-0.25, -0.2) is 0 Å². The molecule has 0 fully saturated rings. The SMILES string of the molecule is C#[N+]c1c(C)c(C)c(-c2cc(-c3c(C)c(C)c([N+]#C)c(C)c3C)cc(-c3c(C)c(C)c([N+]#C)c(C)c3C)c2)c(C)c1C. The second-order valence-corrected chi connectivity index (χ2v) is 11.9. The van der Waals surface area contributed by atoms with Crippen LogP contribution in [0.5, 0.6) is 0 Å². The van der Waals surface area contributed by atoms with Gasteiger partial charge in [0.15, 0.2) is 0 Å². The molecule has 0 spiro atoms. The Labute approximate surface area is 252 Å². The minimum Gasteiger partial charge on any atom is -0.0464 e. The quantitative estimate of drug-likeness (QED) is 0.240. The van der Waals surface area contributed by atoms with Gasteiger partial charge in [0.05, 0.1) is 0 Å². The Morgan fingerprint density at radius 1 is 0.310 bits per heavy atom. The van der Waals surface area contributed by atoms with E-state index in [-0.39, 0.29) is 0 Å². The van der Waals surface area contributed by atoms with E-state index in [1.165, 1.54) is 50.1 Å². The Balaban J connectivity index is 2.25. The van der Waals surface area contributed by atoms with Gasteiger partial charge in [0.25, 0.3) is 19.7 Å². The van der Waals surface area contributed by atoms with Gasteiger partial charge < -0.3 is 0 Å². The van der Waals surface area contributed by atoms with Crippen molar-refractivity contribution < 1.29 is 0 Å². The first-order valence-corrected chi connectivity index (χ1v) is 14.4. The van der Waals surface area contributed by atoms with E-state index in [1.807, 2.05) is 0 Å². The van der Waals surface area contributed by atoms with Crippen LogP contribution in [0.1, 0.15) is 66.8 Å². The minimum atomic E-state index is 0.864. The number of hydrogen-bond acceptors (Lipinski definition) is 0. The number of nitrogens with zero attached hydrogens (tertiary/aromatic N) is 3. The summed E-state index contributed by atoms with van der Waals surface area (Å²) in [5.74, 6) is 0. The molecular formula is C39H42N3+3. The molecule has 0 aromatic heterocycles. The fourth-order valence-electron chi connectivity index (χ4n) is 6.82. The standard InChI is InChI=1S/C39H42N3/c1-19-25(7)37(40-13)26(8)20(2)34(19)31-16-32(35-21(3)27(9)38(41-14)28(10)22(35)4)18-33(17-31)36-23(5)29(11)39(42-15)30(12)24(36)6/h13-18H,1-12H3/q+3. The monoisotopic (exact) mass is 552 g/mol. The highest BCUT2D eigenvalue weighted by Crippen LogP contribution is 2.46. The summed E-state index contributed by atoms with van der Waals surface area (Å²) in [7, 11) is 0. The van der Waals surface area contributed by atoms with Crippen molar-refractivity contribution in [3.63, 3.8) is 0 Å². The Morgan fingerprint density at radius 3 is 0.619 bits per heavy atom. The van der Waals surface area contributed by atoms with Crippen molar-refractivity contribution in [2.45, 2.75) is 83.1 Å². The molecule has 0 saturated heterocycles. The van der Waals surface area contributed by atoms with Crippen LogP contribution in [0, 0.1) is 103 Å². The molecule has 0 atom stereocenters. The molecule has 42 heavy (non-hydrogen) atoms. The summed E-state index contributed by atoms with van der Waals surface area (Å²) in [5, 5.41) is 0. The van der Waals surface area contributed by atoms with E-state index >= 15 is 0 Å². The van der Waals surface area contributed by atoms with Crippen molar-refractivity contribution in [2.24, 2.45) is 0 Å². The normalized spacial score (nSPS) is 10.8. The highest BCUT2D eigenvalue weighted by atomic mass is 14.7. The Hall–Kier alpha value is -4.65. The average molecular weight is 553 g/mol. The third kappa shape index (κ3) is 4.40. The van der Waals surface area contributed by atoms with Crippen LogP contribution in [0.25, 0.3) is 47.9 Å². The molecule has 4 aromatic rings. The molecule has 0 radical (unpaired) electrons. The molecule has 0 amide bonds. The largest absolute Gasteiger partial charge is 0.346 e. The van der Waals surface area contributed by atoms with Gasteiger partial charge in [-0.3, -0.25) is 0 Å². The van der Waals surface area contributed by atoms with Crippen LogP contribution in [0.3, 0.4) is 0 Å². The van der Waals surface area contributed by atoms with E-state index < -0.39 is 0 Å².